The molecule has 0 amide bonds. The number of benzene rings is 1. The first kappa shape index (κ1) is 34.2. The van der Waals surface area contributed by atoms with Crippen molar-refractivity contribution in [2.45, 2.75) is 113 Å². The molecular weight excluding hydrogens is 394 g/mol. The van der Waals surface area contributed by atoms with Gasteiger partial charge < -0.3 is 5.32 Å². The highest BCUT2D eigenvalue weighted by Gasteiger charge is 2.19. The smallest absolute Gasteiger partial charge is 0.0322 e. The van der Waals surface area contributed by atoms with Gasteiger partial charge in [0, 0.05) is 17.7 Å². The van der Waals surface area contributed by atoms with Crippen molar-refractivity contribution in [3.05, 3.63) is 60.3 Å². The van der Waals surface area contributed by atoms with E-state index >= 15 is 0 Å². The summed E-state index contributed by atoms with van der Waals surface area (Å²) in [6.45, 7) is 28.8. The molecular formula is C29H53NS. The number of thiocarbonyl (C=S) groups is 1. The normalized spacial score (nSPS) is 12.2. The molecule has 1 rings (SSSR count). The second kappa shape index (κ2) is 23.3. The van der Waals surface area contributed by atoms with Crippen LogP contribution >= 0.6 is 12.2 Å². The molecule has 0 aromatic heterocycles. The van der Waals surface area contributed by atoms with Gasteiger partial charge in [-0.25, -0.2) is 0 Å². The van der Waals surface area contributed by atoms with Crippen LogP contribution in [0, 0.1) is 5.92 Å². The van der Waals surface area contributed by atoms with Gasteiger partial charge in [0.2, 0.25) is 0 Å². The summed E-state index contributed by atoms with van der Waals surface area (Å²) in [6.07, 6.45) is 6.21. The summed E-state index contributed by atoms with van der Waals surface area (Å²) >= 11 is 5.10. The second-order valence-corrected chi connectivity index (χ2v) is 8.39. The fraction of sp³-hybridized carbons (Fsp3) is 0.621. The summed E-state index contributed by atoms with van der Waals surface area (Å²) in [5.74, 6) is 1.15. The summed E-state index contributed by atoms with van der Waals surface area (Å²) in [6, 6.07) is 10.9. The van der Waals surface area contributed by atoms with E-state index in [1.165, 1.54) is 36.8 Å². The summed E-state index contributed by atoms with van der Waals surface area (Å²) in [4.78, 5) is 1.05. The fourth-order valence-corrected chi connectivity index (χ4v) is 3.30. The molecule has 1 nitrogen and oxygen atoms in total. The molecule has 0 heterocycles. The van der Waals surface area contributed by atoms with E-state index in [-0.39, 0.29) is 0 Å². The van der Waals surface area contributed by atoms with Crippen LogP contribution in [0.4, 0.5) is 0 Å². The van der Waals surface area contributed by atoms with E-state index in [2.05, 4.69) is 58.3 Å². The van der Waals surface area contributed by atoms with Crippen LogP contribution in [0.1, 0.15) is 113 Å². The highest BCUT2D eigenvalue weighted by Crippen LogP contribution is 2.22. The highest BCUT2D eigenvalue weighted by molar-refractivity contribution is 7.80. The number of rotatable bonds is 11. The third kappa shape index (κ3) is 19.0. The first-order valence-electron chi connectivity index (χ1n) is 12.3. The summed E-state index contributed by atoms with van der Waals surface area (Å²) in [5, 5.41) is 3.52. The molecule has 0 bridgehead atoms. The van der Waals surface area contributed by atoms with Crippen LogP contribution in [0.3, 0.4) is 0 Å². The van der Waals surface area contributed by atoms with Gasteiger partial charge in [-0.1, -0.05) is 122 Å². The van der Waals surface area contributed by atoms with Gasteiger partial charge in [-0.2, -0.15) is 0 Å². The zero-order chi connectivity index (χ0) is 24.8. The minimum atomic E-state index is 0.409. The maximum atomic E-state index is 5.10. The fourth-order valence-electron chi connectivity index (χ4n) is 3.16. The van der Waals surface area contributed by atoms with Crippen molar-refractivity contribution >= 4 is 17.1 Å². The van der Waals surface area contributed by atoms with E-state index in [9.17, 15) is 0 Å². The van der Waals surface area contributed by atoms with Crippen molar-refractivity contribution < 1.29 is 0 Å². The van der Waals surface area contributed by atoms with E-state index in [1.807, 2.05) is 59.7 Å². The standard InChI is InChI=1S/C15H29N.C10H12S.2C2H6/c1-7-9-10-14(8-2)15(11-12(3)4)16-13(5)6;1-8(9(2)11)10-6-4-3-5-7-10;2*1-2/h14-16H,3,5,7-11H2,1-2,4,6H3;3-8H,1-2H3;2*1-2H3. The van der Waals surface area contributed by atoms with Gasteiger partial charge in [0.15, 0.2) is 0 Å². The van der Waals surface area contributed by atoms with Crippen LogP contribution in [-0.4, -0.2) is 10.9 Å². The summed E-state index contributed by atoms with van der Waals surface area (Å²) in [7, 11) is 0. The Kier molecular flexibility index (Phi) is 25.7. The minimum Gasteiger partial charge on any atom is -0.386 e. The van der Waals surface area contributed by atoms with Crippen molar-refractivity contribution in [3.63, 3.8) is 0 Å². The molecule has 180 valence electrons. The van der Waals surface area contributed by atoms with Crippen molar-refractivity contribution in [1.29, 1.82) is 0 Å². The Morgan fingerprint density at radius 3 is 1.84 bits per heavy atom. The average molecular weight is 448 g/mol. The molecule has 3 atom stereocenters. The van der Waals surface area contributed by atoms with E-state index in [0.29, 0.717) is 12.0 Å². The Bertz CT molecular complexity index is 545. The number of nitrogens with one attached hydrogen (secondary N) is 1. The van der Waals surface area contributed by atoms with Gasteiger partial charge in [-0.15, -0.1) is 6.58 Å². The lowest BCUT2D eigenvalue weighted by Gasteiger charge is -2.28. The van der Waals surface area contributed by atoms with Gasteiger partial charge in [-0.05, 0) is 50.0 Å². The highest BCUT2D eigenvalue weighted by atomic mass is 32.1. The summed E-state index contributed by atoms with van der Waals surface area (Å²) < 4.78 is 0. The molecule has 0 aliphatic rings. The van der Waals surface area contributed by atoms with Gasteiger partial charge >= 0.3 is 0 Å². The Hall–Kier alpha value is -1.41. The van der Waals surface area contributed by atoms with Crippen molar-refractivity contribution in [3.8, 4) is 0 Å². The van der Waals surface area contributed by atoms with Gasteiger partial charge in [0.1, 0.15) is 0 Å². The van der Waals surface area contributed by atoms with Crippen LogP contribution in [0.25, 0.3) is 0 Å². The first-order chi connectivity index (χ1) is 14.7. The molecule has 3 unspecified atom stereocenters. The molecule has 1 N–H and O–H groups in total. The molecule has 0 aliphatic heterocycles. The zero-order valence-corrected chi connectivity index (χ0v) is 23.3. The van der Waals surface area contributed by atoms with Crippen LogP contribution in [0.15, 0.2) is 54.8 Å². The third-order valence-corrected chi connectivity index (χ3v) is 5.28. The quantitative estimate of drug-likeness (QED) is 0.267. The minimum absolute atomic E-state index is 0.409. The van der Waals surface area contributed by atoms with Crippen LogP contribution in [0.2, 0.25) is 0 Å². The van der Waals surface area contributed by atoms with Crippen molar-refractivity contribution in [2.24, 2.45) is 5.92 Å². The molecule has 0 aliphatic carbocycles. The lowest BCUT2D eigenvalue weighted by atomic mass is 9.87. The van der Waals surface area contributed by atoms with Crippen LogP contribution < -0.4 is 5.32 Å². The van der Waals surface area contributed by atoms with Gasteiger partial charge in [-0.3, -0.25) is 0 Å². The summed E-state index contributed by atoms with van der Waals surface area (Å²) in [5.41, 5.74) is 3.63. The lowest BCUT2D eigenvalue weighted by Crippen LogP contribution is -2.35. The predicted octanol–water partition coefficient (Wildman–Crippen LogP) is 9.89. The first-order valence-corrected chi connectivity index (χ1v) is 12.7. The Morgan fingerprint density at radius 2 is 1.48 bits per heavy atom. The third-order valence-electron chi connectivity index (χ3n) is 4.93. The predicted molar refractivity (Wildman–Crippen MR) is 150 cm³/mol. The second-order valence-electron chi connectivity index (χ2n) is 7.75. The Morgan fingerprint density at radius 1 is 0.968 bits per heavy atom. The largest absolute Gasteiger partial charge is 0.386 e. The molecule has 31 heavy (non-hydrogen) atoms. The van der Waals surface area contributed by atoms with Gasteiger partial charge in [0.05, 0.1) is 0 Å². The number of unbranched alkanes of at least 4 members (excludes halogenated alkanes) is 1. The molecule has 0 radical (unpaired) electrons. The molecule has 2 heteroatoms. The number of hydrogen-bond acceptors (Lipinski definition) is 2. The van der Waals surface area contributed by atoms with Gasteiger partial charge in [0.25, 0.3) is 0 Å². The molecule has 0 saturated carbocycles. The van der Waals surface area contributed by atoms with E-state index in [1.54, 1.807) is 0 Å². The number of hydrogen-bond donors (Lipinski definition) is 1. The van der Waals surface area contributed by atoms with Crippen molar-refractivity contribution in [1.82, 2.24) is 5.32 Å². The van der Waals surface area contributed by atoms with E-state index in [0.717, 1.165) is 22.9 Å². The average Bonchev–Trinajstić information content (AvgIpc) is 2.76. The number of allylic oxidation sites excluding steroid dienone is 1. The molecule has 0 spiro atoms. The maximum Gasteiger partial charge on any atom is 0.0322 e. The lowest BCUT2D eigenvalue weighted by molar-refractivity contribution is 0.332. The van der Waals surface area contributed by atoms with Crippen molar-refractivity contribution in [2.75, 3.05) is 0 Å². The zero-order valence-electron chi connectivity index (χ0n) is 22.5. The Labute approximate surface area is 201 Å². The maximum absolute atomic E-state index is 5.10. The molecule has 1 aromatic carbocycles. The Balaban J connectivity index is -0.000000453. The topological polar surface area (TPSA) is 12.0 Å². The van der Waals surface area contributed by atoms with Crippen LogP contribution in [-0.2, 0) is 0 Å². The molecule has 0 fully saturated rings. The van der Waals surface area contributed by atoms with E-state index in [4.69, 9.17) is 12.2 Å². The molecule has 1 aromatic rings. The SMILES string of the molecule is C=C(C)CC(NC(=C)C)C(CC)CCCC.CC.CC.CC(=S)C(C)c1ccccc1. The van der Waals surface area contributed by atoms with Crippen LogP contribution in [0.5, 0.6) is 0 Å². The monoisotopic (exact) mass is 447 g/mol. The molecule has 0 saturated heterocycles. The van der Waals surface area contributed by atoms with E-state index < -0.39 is 0 Å².